The smallest absolute Gasteiger partial charge is 0.183 e. The predicted octanol–water partition coefficient (Wildman–Crippen LogP) is 1.90. The summed E-state index contributed by atoms with van der Waals surface area (Å²) in [6, 6.07) is 0. The first kappa shape index (κ1) is 8.97. The van der Waals surface area contributed by atoms with Crippen LogP contribution in [0.5, 0.6) is 0 Å². The molecule has 12 heavy (non-hydrogen) atoms. The van der Waals surface area contributed by atoms with Gasteiger partial charge in [-0.1, -0.05) is 36.7 Å². The lowest BCUT2D eigenvalue weighted by Gasteiger charge is -2.32. The van der Waals surface area contributed by atoms with Crippen LogP contribution in [-0.4, -0.2) is 21.8 Å². The largest absolute Gasteiger partial charge is 0.364 e. The molecule has 1 saturated carbocycles. The molecule has 3 atom stereocenters. The fourth-order valence-electron chi connectivity index (χ4n) is 2.23. The molecule has 0 spiro atoms. The maximum Gasteiger partial charge on any atom is 0.183 e. The molecule has 1 aliphatic carbocycles. The first-order valence-electron chi connectivity index (χ1n) is 4.41. The van der Waals surface area contributed by atoms with E-state index in [4.69, 9.17) is 4.74 Å². The maximum atomic E-state index is 10.2. The number of rotatable bonds is 1. The van der Waals surface area contributed by atoms with Crippen molar-refractivity contribution in [3.05, 3.63) is 0 Å². The van der Waals surface area contributed by atoms with E-state index >= 15 is 0 Å². The number of hydrogen-bond acceptors (Lipinski definition) is 2. The van der Waals surface area contributed by atoms with Crippen LogP contribution in [0.4, 0.5) is 0 Å². The van der Waals surface area contributed by atoms with Crippen molar-refractivity contribution in [1.82, 2.24) is 0 Å². The van der Waals surface area contributed by atoms with Crippen LogP contribution in [-0.2, 0) is 4.74 Å². The van der Waals surface area contributed by atoms with Gasteiger partial charge in [0.15, 0.2) is 5.79 Å². The molecule has 1 heterocycles. The normalized spacial score (nSPS) is 57.5. The molecule has 0 aromatic rings. The molecule has 1 N–H and O–H groups in total. The fraction of sp³-hybridized carbons (Fsp3) is 1.00. The summed E-state index contributed by atoms with van der Waals surface area (Å²) in [6.45, 7) is 6.81. The Hall–Kier alpha value is 0.400. The third kappa shape index (κ3) is 0.733. The van der Waals surface area contributed by atoms with Crippen LogP contribution < -0.4 is 0 Å². The molecule has 1 aliphatic heterocycles. The molecule has 2 aliphatic rings. The fourth-order valence-corrected chi connectivity index (χ4v) is 3.53. The van der Waals surface area contributed by atoms with Crippen molar-refractivity contribution in [3.8, 4) is 0 Å². The van der Waals surface area contributed by atoms with Gasteiger partial charge >= 0.3 is 0 Å². The zero-order valence-corrected chi connectivity index (χ0v) is 9.31. The molecule has 0 aromatic carbocycles. The van der Waals surface area contributed by atoms with Crippen LogP contribution in [0, 0.1) is 11.3 Å². The molecular formula is C9H15BrO2. The number of aliphatic hydroxyl groups is 1. The van der Waals surface area contributed by atoms with Crippen LogP contribution in [0.3, 0.4) is 0 Å². The van der Waals surface area contributed by atoms with Crippen molar-refractivity contribution < 1.29 is 9.84 Å². The van der Waals surface area contributed by atoms with Crippen molar-refractivity contribution in [2.45, 2.75) is 37.3 Å². The minimum atomic E-state index is -0.957. The Labute approximate surface area is 81.4 Å². The van der Waals surface area contributed by atoms with E-state index < -0.39 is 5.79 Å². The minimum Gasteiger partial charge on any atom is -0.364 e. The summed E-state index contributed by atoms with van der Waals surface area (Å²) < 4.78 is 5.30. The summed E-state index contributed by atoms with van der Waals surface area (Å²) in [7, 11) is 0. The highest BCUT2D eigenvalue weighted by atomic mass is 79.9. The molecule has 0 amide bonds. The van der Waals surface area contributed by atoms with E-state index in [1.54, 1.807) is 0 Å². The molecule has 2 rings (SSSR count). The average Bonchev–Trinajstić information content (AvgIpc) is 2.45. The van der Waals surface area contributed by atoms with E-state index in [1.807, 2.05) is 13.8 Å². The van der Waals surface area contributed by atoms with Gasteiger partial charge in [-0.2, -0.15) is 0 Å². The van der Waals surface area contributed by atoms with Crippen LogP contribution in [0.25, 0.3) is 0 Å². The van der Waals surface area contributed by atoms with Gasteiger partial charge in [0.1, 0.15) is 0 Å². The highest BCUT2D eigenvalue weighted by molar-refractivity contribution is 9.10. The van der Waals surface area contributed by atoms with Crippen LogP contribution in [0.2, 0.25) is 0 Å². The van der Waals surface area contributed by atoms with Gasteiger partial charge < -0.3 is 9.84 Å². The third-order valence-electron chi connectivity index (χ3n) is 3.43. The van der Waals surface area contributed by atoms with Gasteiger partial charge in [0.25, 0.3) is 0 Å². The van der Waals surface area contributed by atoms with Gasteiger partial charge in [-0.25, -0.2) is 0 Å². The number of alkyl halides is 1. The predicted molar refractivity (Wildman–Crippen MR) is 50.1 cm³/mol. The molecule has 0 bridgehead atoms. The van der Waals surface area contributed by atoms with Gasteiger partial charge in [0, 0.05) is 11.3 Å². The Kier molecular flexibility index (Phi) is 1.55. The van der Waals surface area contributed by atoms with E-state index in [9.17, 15) is 5.11 Å². The van der Waals surface area contributed by atoms with Crippen molar-refractivity contribution in [1.29, 1.82) is 0 Å². The molecule has 3 unspecified atom stereocenters. The highest BCUT2D eigenvalue weighted by Gasteiger charge is 2.79. The molecule has 2 nitrogen and oxygen atoms in total. The van der Waals surface area contributed by atoms with Crippen LogP contribution in [0.15, 0.2) is 0 Å². The Morgan fingerprint density at radius 2 is 2.08 bits per heavy atom. The minimum absolute atomic E-state index is 0.140. The first-order valence-corrected chi connectivity index (χ1v) is 5.20. The Morgan fingerprint density at radius 3 is 2.25 bits per heavy atom. The Morgan fingerprint density at radius 1 is 1.50 bits per heavy atom. The second-order valence-corrected chi connectivity index (χ2v) is 6.03. The zero-order chi connectivity index (χ0) is 9.20. The van der Waals surface area contributed by atoms with Gasteiger partial charge in [-0.05, 0) is 6.42 Å². The van der Waals surface area contributed by atoms with Crippen molar-refractivity contribution in [3.63, 3.8) is 0 Å². The standard InChI is InChI=1S/C9H15BrO2/c1-6(2)9(11)8(10)4-7(8,3)5-12-9/h6,11H,4-5H2,1-3H3. The molecule has 3 heteroatoms. The molecular weight excluding hydrogens is 220 g/mol. The lowest BCUT2D eigenvalue weighted by atomic mass is 9.95. The molecule has 0 radical (unpaired) electrons. The summed E-state index contributed by atoms with van der Waals surface area (Å²) in [4.78, 5) is 0. The van der Waals surface area contributed by atoms with E-state index in [-0.39, 0.29) is 15.7 Å². The Bertz CT molecular complexity index is 227. The quantitative estimate of drug-likeness (QED) is 0.703. The zero-order valence-electron chi connectivity index (χ0n) is 7.72. The first-order chi connectivity index (χ1) is 5.36. The van der Waals surface area contributed by atoms with E-state index in [0.29, 0.717) is 6.61 Å². The second-order valence-electron chi connectivity index (χ2n) is 4.68. The van der Waals surface area contributed by atoms with E-state index in [1.165, 1.54) is 0 Å². The van der Waals surface area contributed by atoms with Gasteiger partial charge in [0.2, 0.25) is 0 Å². The summed E-state index contributed by atoms with van der Waals surface area (Å²) in [5.41, 5.74) is 0.159. The lowest BCUT2D eigenvalue weighted by molar-refractivity contribution is -0.211. The van der Waals surface area contributed by atoms with Crippen LogP contribution in [0.1, 0.15) is 27.2 Å². The molecule has 70 valence electrons. The lowest BCUT2D eigenvalue weighted by Crippen LogP contribution is -2.45. The maximum absolute atomic E-state index is 10.2. The van der Waals surface area contributed by atoms with Crippen LogP contribution >= 0.6 is 15.9 Å². The van der Waals surface area contributed by atoms with E-state index in [0.717, 1.165) is 6.42 Å². The van der Waals surface area contributed by atoms with Gasteiger partial charge in [-0.3, -0.25) is 0 Å². The average molecular weight is 235 g/mol. The molecule has 1 saturated heterocycles. The number of hydrogen-bond donors (Lipinski definition) is 1. The monoisotopic (exact) mass is 234 g/mol. The number of halogens is 1. The highest BCUT2D eigenvalue weighted by Crippen LogP contribution is 2.73. The summed E-state index contributed by atoms with van der Waals surface area (Å²) in [5.74, 6) is -0.817. The van der Waals surface area contributed by atoms with Crippen molar-refractivity contribution in [2.75, 3.05) is 6.61 Å². The molecule has 0 aromatic heterocycles. The summed E-state index contributed by atoms with van der Waals surface area (Å²) >= 11 is 3.62. The third-order valence-corrected chi connectivity index (χ3v) is 5.23. The van der Waals surface area contributed by atoms with E-state index in [2.05, 4.69) is 22.9 Å². The number of ether oxygens (including phenoxy) is 1. The topological polar surface area (TPSA) is 29.5 Å². The van der Waals surface area contributed by atoms with Gasteiger partial charge in [-0.15, -0.1) is 0 Å². The second kappa shape index (κ2) is 2.07. The summed E-state index contributed by atoms with van der Waals surface area (Å²) in [5, 5.41) is 10.2. The number of fused-ring (bicyclic) bond motifs is 1. The SMILES string of the molecule is CC(C)C1(O)OCC2(C)CC21Br. The van der Waals surface area contributed by atoms with Crippen molar-refractivity contribution in [2.24, 2.45) is 11.3 Å². The Balaban J connectivity index is 2.32. The van der Waals surface area contributed by atoms with Gasteiger partial charge in [0.05, 0.1) is 10.9 Å². The molecule has 2 fully saturated rings. The van der Waals surface area contributed by atoms with Crippen molar-refractivity contribution >= 4 is 15.9 Å². The summed E-state index contributed by atoms with van der Waals surface area (Å²) in [6.07, 6.45) is 1.02.